The molecule has 0 heterocycles. The zero-order chi connectivity index (χ0) is 15.5. The molecule has 0 unspecified atom stereocenters. The number of hydrogen-bond donors (Lipinski definition) is 0. The molecule has 0 bridgehead atoms. The fraction of sp³-hybridized carbons (Fsp3) is 0.364. The Kier molecular flexibility index (Phi) is 5.29. The zero-order valence-corrected chi connectivity index (χ0v) is 12.3. The molecule has 0 N–H and O–H groups in total. The number of amides is 1. The van der Waals surface area contributed by atoms with E-state index in [1.165, 1.54) is 11.9 Å². The van der Waals surface area contributed by atoms with Crippen LogP contribution in [0.25, 0.3) is 0 Å². The van der Waals surface area contributed by atoms with Crippen LogP contribution in [0, 0.1) is 11.6 Å². The molecule has 1 rings (SSSR count). The van der Waals surface area contributed by atoms with Crippen molar-refractivity contribution >= 4 is 25.6 Å². The Morgan fingerprint density at radius 3 is 2.50 bits per heavy atom. The van der Waals surface area contributed by atoms with E-state index in [0.29, 0.717) is 18.7 Å². The lowest BCUT2D eigenvalue weighted by molar-refractivity contribution is -0.131. The van der Waals surface area contributed by atoms with E-state index in [1.54, 1.807) is 6.92 Å². The second-order valence-electron chi connectivity index (χ2n) is 3.85. The molecule has 0 saturated carbocycles. The lowest BCUT2D eigenvalue weighted by atomic mass is 10.3. The molecule has 0 radical (unpaired) electrons. The normalized spacial score (nSPS) is 11.2. The van der Waals surface area contributed by atoms with E-state index in [2.05, 4.69) is 0 Å². The maximum atomic E-state index is 13.6. The molecule has 1 amide bonds. The van der Waals surface area contributed by atoms with Crippen LogP contribution in [0.5, 0.6) is 5.75 Å². The van der Waals surface area contributed by atoms with E-state index in [1.807, 2.05) is 0 Å². The van der Waals surface area contributed by atoms with Crippen LogP contribution in [0.4, 0.5) is 8.78 Å². The molecule has 0 fully saturated rings. The predicted octanol–water partition coefficient (Wildman–Crippen LogP) is 1.75. The fourth-order valence-corrected chi connectivity index (χ4v) is 2.25. The van der Waals surface area contributed by atoms with Gasteiger partial charge in [-0.1, -0.05) is 0 Å². The summed E-state index contributed by atoms with van der Waals surface area (Å²) in [6.07, 6.45) is 0. The van der Waals surface area contributed by atoms with Gasteiger partial charge in [0.2, 0.25) is 0 Å². The van der Waals surface area contributed by atoms with Gasteiger partial charge in [0.25, 0.3) is 15.0 Å². The van der Waals surface area contributed by atoms with Gasteiger partial charge >= 0.3 is 0 Å². The van der Waals surface area contributed by atoms with E-state index in [-0.39, 0.29) is 0 Å². The SMILES string of the molecule is CCN(C)C(=O)COc1c(F)cc(F)cc1S(=O)(=O)Cl. The largest absolute Gasteiger partial charge is 0.479 e. The number of hydrogen-bond acceptors (Lipinski definition) is 4. The number of rotatable bonds is 5. The number of ether oxygens (including phenoxy) is 1. The summed E-state index contributed by atoms with van der Waals surface area (Å²) in [7, 11) is 2.16. The second-order valence-corrected chi connectivity index (χ2v) is 6.38. The van der Waals surface area contributed by atoms with Crippen molar-refractivity contribution in [3.05, 3.63) is 23.8 Å². The Morgan fingerprint density at radius 2 is 2.00 bits per heavy atom. The first kappa shape index (κ1) is 16.6. The summed E-state index contributed by atoms with van der Waals surface area (Å²) in [5, 5.41) is 0. The third kappa shape index (κ3) is 4.04. The van der Waals surface area contributed by atoms with E-state index in [9.17, 15) is 22.0 Å². The van der Waals surface area contributed by atoms with Gasteiger partial charge in [-0.05, 0) is 13.0 Å². The van der Waals surface area contributed by atoms with Crippen LogP contribution < -0.4 is 4.74 Å². The Balaban J connectivity index is 3.09. The highest BCUT2D eigenvalue weighted by Crippen LogP contribution is 2.30. The maximum absolute atomic E-state index is 13.6. The van der Waals surface area contributed by atoms with E-state index >= 15 is 0 Å². The van der Waals surface area contributed by atoms with Crippen molar-refractivity contribution in [3.63, 3.8) is 0 Å². The summed E-state index contributed by atoms with van der Waals surface area (Å²) in [6, 6.07) is 0.962. The zero-order valence-electron chi connectivity index (χ0n) is 10.7. The molecule has 0 aliphatic rings. The molecule has 5 nitrogen and oxygen atoms in total. The van der Waals surface area contributed by atoms with Gasteiger partial charge < -0.3 is 9.64 Å². The first-order chi connectivity index (χ1) is 9.16. The first-order valence-electron chi connectivity index (χ1n) is 5.47. The van der Waals surface area contributed by atoms with Gasteiger partial charge in [0.15, 0.2) is 18.2 Å². The maximum Gasteiger partial charge on any atom is 0.265 e. The molecule has 1 aromatic rings. The summed E-state index contributed by atoms with van der Waals surface area (Å²) in [6.45, 7) is 1.52. The van der Waals surface area contributed by atoms with Crippen LogP contribution in [-0.2, 0) is 13.8 Å². The van der Waals surface area contributed by atoms with Gasteiger partial charge in [0.1, 0.15) is 10.7 Å². The fourth-order valence-electron chi connectivity index (χ4n) is 1.28. The van der Waals surface area contributed by atoms with Crippen LogP contribution in [0.15, 0.2) is 17.0 Å². The van der Waals surface area contributed by atoms with Gasteiger partial charge in [0.05, 0.1) is 0 Å². The minimum Gasteiger partial charge on any atom is -0.479 e. The van der Waals surface area contributed by atoms with Gasteiger partial charge in [-0.2, -0.15) is 0 Å². The summed E-state index contributed by atoms with van der Waals surface area (Å²) in [5.41, 5.74) is 0. The van der Waals surface area contributed by atoms with Crippen molar-refractivity contribution in [1.29, 1.82) is 0 Å². The smallest absolute Gasteiger partial charge is 0.265 e. The van der Waals surface area contributed by atoms with E-state index in [4.69, 9.17) is 15.4 Å². The Morgan fingerprint density at radius 1 is 1.40 bits per heavy atom. The highest BCUT2D eigenvalue weighted by Gasteiger charge is 2.23. The average molecular weight is 328 g/mol. The summed E-state index contributed by atoms with van der Waals surface area (Å²) in [4.78, 5) is 11.9. The first-order valence-corrected chi connectivity index (χ1v) is 7.78. The third-order valence-electron chi connectivity index (χ3n) is 2.48. The minimum atomic E-state index is -4.41. The molecule has 20 heavy (non-hydrogen) atoms. The molecule has 0 spiro atoms. The van der Waals surface area contributed by atoms with Crippen molar-refractivity contribution in [2.45, 2.75) is 11.8 Å². The second kappa shape index (κ2) is 6.36. The number of carbonyl (C=O) groups is 1. The summed E-state index contributed by atoms with van der Waals surface area (Å²) < 4.78 is 53.9. The Bertz CT molecular complexity index is 621. The summed E-state index contributed by atoms with van der Waals surface area (Å²) >= 11 is 0. The van der Waals surface area contributed by atoms with Crippen LogP contribution in [-0.4, -0.2) is 39.4 Å². The van der Waals surface area contributed by atoms with Gasteiger partial charge in [-0.3, -0.25) is 4.79 Å². The Hall–Kier alpha value is -1.41. The van der Waals surface area contributed by atoms with Crippen molar-refractivity contribution in [2.75, 3.05) is 20.2 Å². The minimum absolute atomic E-state index is 0.398. The molecule has 0 aliphatic carbocycles. The molecular weight excluding hydrogens is 316 g/mol. The number of halogens is 3. The monoisotopic (exact) mass is 327 g/mol. The molecule has 0 atom stereocenters. The van der Waals surface area contributed by atoms with Gasteiger partial charge in [0, 0.05) is 30.3 Å². The average Bonchev–Trinajstić information content (AvgIpc) is 2.34. The van der Waals surface area contributed by atoms with E-state index < -0.39 is 43.8 Å². The molecule has 0 saturated heterocycles. The van der Waals surface area contributed by atoms with Crippen LogP contribution in [0.2, 0.25) is 0 Å². The Labute approximate surface area is 119 Å². The number of likely N-dealkylation sites (N-methyl/N-ethyl adjacent to an activating group) is 1. The number of nitrogens with zero attached hydrogens (tertiary/aromatic N) is 1. The molecule has 0 aliphatic heterocycles. The van der Waals surface area contributed by atoms with Crippen LogP contribution in [0.3, 0.4) is 0 Å². The third-order valence-corrected chi connectivity index (χ3v) is 3.80. The number of carbonyl (C=O) groups excluding carboxylic acids is 1. The van der Waals surface area contributed by atoms with Crippen molar-refractivity contribution in [3.8, 4) is 5.75 Å². The molecule has 0 aromatic heterocycles. The topological polar surface area (TPSA) is 63.7 Å². The van der Waals surface area contributed by atoms with Crippen molar-refractivity contribution < 1.29 is 26.7 Å². The van der Waals surface area contributed by atoms with Crippen molar-refractivity contribution in [2.24, 2.45) is 0 Å². The van der Waals surface area contributed by atoms with Crippen LogP contribution >= 0.6 is 10.7 Å². The van der Waals surface area contributed by atoms with Gasteiger partial charge in [-0.15, -0.1) is 0 Å². The molecule has 1 aromatic carbocycles. The molecule has 112 valence electrons. The lowest BCUT2D eigenvalue weighted by Crippen LogP contribution is -2.31. The van der Waals surface area contributed by atoms with Crippen LogP contribution in [0.1, 0.15) is 6.92 Å². The quantitative estimate of drug-likeness (QED) is 0.773. The standard InChI is InChI=1S/C11H12ClF2NO4S/c1-3-15(2)10(16)6-19-11-8(14)4-7(13)5-9(11)20(12,17)18/h4-5H,3,6H2,1-2H3. The summed E-state index contributed by atoms with van der Waals surface area (Å²) in [5.74, 6) is -3.64. The molecule has 9 heteroatoms. The van der Waals surface area contributed by atoms with Gasteiger partial charge in [-0.25, -0.2) is 17.2 Å². The lowest BCUT2D eigenvalue weighted by Gasteiger charge is -2.16. The predicted molar refractivity (Wildman–Crippen MR) is 68.2 cm³/mol. The number of benzene rings is 1. The van der Waals surface area contributed by atoms with Crippen molar-refractivity contribution in [1.82, 2.24) is 4.90 Å². The highest BCUT2D eigenvalue weighted by molar-refractivity contribution is 8.13. The van der Waals surface area contributed by atoms with E-state index in [0.717, 1.165) is 0 Å². The molecular formula is C11H12ClF2NO4S. The highest BCUT2D eigenvalue weighted by atomic mass is 35.7.